The number of anilines is 1. The lowest BCUT2D eigenvalue weighted by Crippen LogP contribution is -2.54. The minimum Gasteiger partial charge on any atom is -0.352 e. The standard InChI is InChI=1S/C34H35BrClN3O4S/c1-24(2)37-34(41)32(21-26-12-6-4-7-13-26)38(22-27-14-10-15-28(35)20-27)33(40)23-39(31-19-11-18-30(36)25(31)3)44(42,43)29-16-8-5-9-17-29/h4-20,24,32H,21-23H2,1-3H3,(H,37,41). The molecular formula is C34H35BrClN3O4S. The summed E-state index contributed by atoms with van der Waals surface area (Å²) in [5.74, 6) is -0.868. The smallest absolute Gasteiger partial charge is 0.264 e. The first kappa shape index (κ1) is 33.2. The number of sulfonamides is 1. The van der Waals surface area contributed by atoms with Gasteiger partial charge in [0, 0.05) is 28.5 Å². The normalized spacial score (nSPS) is 12.0. The van der Waals surface area contributed by atoms with Crippen molar-refractivity contribution in [3.8, 4) is 0 Å². The Hall–Kier alpha value is -3.66. The number of rotatable bonds is 12. The third-order valence-corrected chi connectivity index (χ3v) is 9.74. The van der Waals surface area contributed by atoms with Crippen LogP contribution >= 0.6 is 27.5 Å². The minimum absolute atomic E-state index is 0.0316. The zero-order valence-electron chi connectivity index (χ0n) is 24.8. The molecule has 0 spiro atoms. The Balaban J connectivity index is 1.83. The van der Waals surface area contributed by atoms with Crippen LogP contribution in [-0.4, -0.2) is 43.8 Å². The van der Waals surface area contributed by atoms with Crippen LogP contribution in [0.1, 0.15) is 30.5 Å². The van der Waals surface area contributed by atoms with E-state index in [0.29, 0.717) is 10.6 Å². The molecule has 0 fully saturated rings. The quantitative estimate of drug-likeness (QED) is 0.177. The Morgan fingerprint density at radius 3 is 2.11 bits per heavy atom. The Bertz CT molecular complexity index is 1700. The van der Waals surface area contributed by atoms with E-state index in [1.807, 2.05) is 68.4 Å². The molecule has 0 radical (unpaired) electrons. The van der Waals surface area contributed by atoms with Crippen LogP contribution in [0.4, 0.5) is 5.69 Å². The molecule has 0 aliphatic heterocycles. The van der Waals surface area contributed by atoms with Crippen molar-refractivity contribution in [3.63, 3.8) is 0 Å². The third kappa shape index (κ3) is 8.28. The Morgan fingerprint density at radius 1 is 0.864 bits per heavy atom. The van der Waals surface area contributed by atoms with Gasteiger partial charge >= 0.3 is 0 Å². The molecule has 0 saturated carbocycles. The molecule has 4 aromatic carbocycles. The first-order chi connectivity index (χ1) is 21.0. The summed E-state index contributed by atoms with van der Waals surface area (Å²) in [6.45, 7) is 4.95. The molecule has 230 valence electrons. The van der Waals surface area contributed by atoms with E-state index in [9.17, 15) is 18.0 Å². The van der Waals surface area contributed by atoms with Gasteiger partial charge in [0.2, 0.25) is 11.8 Å². The summed E-state index contributed by atoms with van der Waals surface area (Å²) in [6.07, 6.45) is 0.237. The number of carbonyl (C=O) groups is 2. The number of hydrogen-bond donors (Lipinski definition) is 1. The van der Waals surface area contributed by atoms with E-state index in [-0.39, 0.29) is 35.5 Å². The van der Waals surface area contributed by atoms with E-state index in [1.54, 1.807) is 43.3 Å². The molecule has 0 heterocycles. The van der Waals surface area contributed by atoms with E-state index < -0.39 is 28.5 Å². The molecule has 0 bridgehead atoms. The number of amides is 2. The lowest BCUT2D eigenvalue weighted by Gasteiger charge is -2.34. The predicted octanol–water partition coefficient (Wildman–Crippen LogP) is 6.77. The number of hydrogen-bond acceptors (Lipinski definition) is 4. The molecule has 7 nitrogen and oxygen atoms in total. The van der Waals surface area contributed by atoms with Crippen molar-refractivity contribution in [3.05, 3.63) is 129 Å². The van der Waals surface area contributed by atoms with Gasteiger partial charge < -0.3 is 10.2 Å². The predicted molar refractivity (Wildman–Crippen MR) is 179 cm³/mol. The van der Waals surface area contributed by atoms with E-state index in [1.165, 1.54) is 17.0 Å². The summed E-state index contributed by atoms with van der Waals surface area (Å²) in [4.78, 5) is 29.8. The highest BCUT2D eigenvalue weighted by molar-refractivity contribution is 9.10. The summed E-state index contributed by atoms with van der Waals surface area (Å²) in [5.41, 5.74) is 2.43. The van der Waals surface area contributed by atoms with Gasteiger partial charge in [-0.15, -0.1) is 0 Å². The summed E-state index contributed by atoms with van der Waals surface area (Å²) < 4.78 is 30.1. The zero-order chi connectivity index (χ0) is 31.9. The van der Waals surface area contributed by atoms with Crippen molar-refractivity contribution < 1.29 is 18.0 Å². The fourth-order valence-corrected chi connectivity index (χ4v) is 6.97. The van der Waals surface area contributed by atoms with Crippen LogP contribution in [0.2, 0.25) is 5.02 Å². The fourth-order valence-electron chi connectivity index (χ4n) is 4.87. The molecule has 0 aliphatic rings. The highest BCUT2D eigenvalue weighted by Gasteiger charge is 2.35. The second-order valence-electron chi connectivity index (χ2n) is 10.7. The number of benzene rings is 4. The second kappa shape index (κ2) is 14.9. The lowest BCUT2D eigenvalue weighted by molar-refractivity contribution is -0.140. The van der Waals surface area contributed by atoms with Gasteiger partial charge in [0.15, 0.2) is 0 Å². The van der Waals surface area contributed by atoms with Crippen LogP contribution in [0, 0.1) is 6.92 Å². The van der Waals surface area contributed by atoms with Gasteiger partial charge in [-0.05, 0) is 73.9 Å². The molecule has 1 unspecified atom stereocenters. The van der Waals surface area contributed by atoms with E-state index in [0.717, 1.165) is 19.9 Å². The minimum atomic E-state index is -4.21. The van der Waals surface area contributed by atoms with Crippen molar-refractivity contribution >= 4 is 55.1 Å². The third-order valence-electron chi connectivity index (χ3n) is 7.06. The molecule has 2 amide bonds. The zero-order valence-corrected chi connectivity index (χ0v) is 27.9. The van der Waals surface area contributed by atoms with Crippen LogP contribution in [0.3, 0.4) is 0 Å². The van der Waals surface area contributed by atoms with Crippen LogP contribution in [0.5, 0.6) is 0 Å². The van der Waals surface area contributed by atoms with Gasteiger partial charge in [-0.2, -0.15) is 0 Å². The van der Waals surface area contributed by atoms with Crippen molar-refractivity contribution in [1.82, 2.24) is 10.2 Å². The van der Waals surface area contributed by atoms with E-state index >= 15 is 0 Å². The number of halogens is 2. The van der Waals surface area contributed by atoms with Gasteiger partial charge in [-0.3, -0.25) is 13.9 Å². The van der Waals surface area contributed by atoms with Crippen molar-refractivity contribution in [2.24, 2.45) is 0 Å². The molecule has 0 aliphatic carbocycles. The average molecular weight is 697 g/mol. The van der Waals surface area contributed by atoms with Gasteiger partial charge in [0.05, 0.1) is 10.6 Å². The Kier molecular flexibility index (Phi) is 11.2. The van der Waals surface area contributed by atoms with Crippen LogP contribution in [0.15, 0.2) is 112 Å². The second-order valence-corrected chi connectivity index (χ2v) is 13.9. The summed E-state index contributed by atoms with van der Waals surface area (Å²) in [5, 5.41) is 3.33. The van der Waals surface area contributed by atoms with Gasteiger partial charge in [0.1, 0.15) is 12.6 Å². The molecular weight excluding hydrogens is 662 g/mol. The highest BCUT2D eigenvalue weighted by Crippen LogP contribution is 2.31. The maximum Gasteiger partial charge on any atom is 0.264 e. The Morgan fingerprint density at radius 2 is 1.48 bits per heavy atom. The molecule has 44 heavy (non-hydrogen) atoms. The maximum atomic E-state index is 14.5. The molecule has 1 atom stereocenters. The number of nitrogens with zero attached hydrogens (tertiary/aromatic N) is 2. The van der Waals surface area contributed by atoms with Crippen LogP contribution < -0.4 is 9.62 Å². The van der Waals surface area contributed by atoms with Gasteiger partial charge in [-0.1, -0.05) is 94.3 Å². The molecule has 4 aromatic rings. The van der Waals surface area contributed by atoms with Crippen molar-refractivity contribution in [1.29, 1.82) is 0 Å². The highest BCUT2D eigenvalue weighted by atomic mass is 79.9. The summed E-state index contributed by atoms with van der Waals surface area (Å²) in [7, 11) is -4.21. The van der Waals surface area contributed by atoms with Gasteiger partial charge in [0.25, 0.3) is 10.0 Å². The fraction of sp³-hybridized carbons (Fsp3) is 0.235. The van der Waals surface area contributed by atoms with E-state index in [2.05, 4.69) is 21.2 Å². The lowest BCUT2D eigenvalue weighted by atomic mass is 10.0. The average Bonchev–Trinajstić information content (AvgIpc) is 2.99. The topological polar surface area (TPSA) is 86.8 Å². The number of nitrogens with one attached hydrogen (secondary N) is 1. The molecule has 0 aromatic heterocycles. The van der Waals surface area contributed by atoms with Gasteiger partial charge in [-0.25, -0.2) is 8.42 Å². The summed E-state index contributed by atoms with van der Waals surface area (Å²) >= 11 is 9.93. The molecule has 0 saturated heterocycles. The Labute approximate surface area is 273 Å². The monoisotopic (exact) mass is 695 g/mol. The summed E-state index contributed by atoms with van der Waals surface area (Å²) in [6, 6.07) is 28.7. The molecule has 10 heteroatoms. The maximum absolute atomic E-state index is 14.5. The largest absolute Gasteiger partial charge is 0.352 e. The van der Waals surface area contributed by atoms with Crippen LogP contribution in [0.25, 0.3) is 0 Å². The first-order valence-corrected chi connectivity index (χ1v) is 16.8. The van der Waals surface area contributed by atoms with Crippen LogP contribution in [-0.2, 0) is 32.6 Å². The van der Waals surface area contributed by atoms with E-state index in [4.69, 9.17) is 11.6 Å². The number of carbonyl (C=O) groups excluding carboxylic acids is 2. The molecule has 4 rings (SSSR count). The van der Waals surface area contributed by atoms with Crippen molar-refractivity contribution in [2.75, 3.05) is 10.8 Å². The van der Waals surface area contributed by atoms with Crippen molar-refractivity contribution in [2.45, 2.75) is 50.7 Å². The first-order valence-electron chi connectivity index (χ1n) is 14.2. The SMILES string of the molecule is Cc1c(Cl)cccc1N(CC(=O)N(Cc1cccc(Br)c1)C(Cc1ccccc1)C(=O)NC(C)C)S(=O)(=O)c1ccccc1. The molecule has 1 N–H and O–H groups in total.